The van der Waals surface area contributed by atoms with Gasteiger partial charge in [-0.15, -0.1) is 0 Å². The zero-order valence-corrected chi connectivity index (χ0v) is 19.3. The molecule has 0 aromatic heterocycles. The van der Waals surface area contributed by atoms with E-state index in [-0.39, 0.29) is 6.09 Å². The van der Waals surface area contributed by atoms with Crippen molar-refractivity contribution in [2.45, 2.75) is 45.6 Å². The number of morpholine rings is 1. The highest BCUT2D eigenvalue weighted by atomic mass is 16.6. The van der Waals surface area contributed by atoms with Crippen molar-refractivity contribution in [1.29, 1.82) is 0 Å². The molecule has 0 aromatic rings. The molecule has 2 N–H and O–H groups in total. The summed E-state index contributed by atoms with van der Waals surface area (Å²) in [6.45, 7) is 11.4. The third-order valence-corrected chi connectivity index (χ3v) is 4.84. The fraction of sp³-hybridized carbons (Fsp3) is 0.810. The number of aliphatic imine (C=N–C) groups is 1. The van der Waals surface area contributed by atoms with E-state index in [2.05, 4.69) is 15.8 Å². The first kappa shape index (κ1) is 24.4. The zero-order chi connectivity index (χ0) is 22.0. The van der Waals surface area contributed by atoms with Crippen LogP contribution in [0.1, 0.15) is 40.0 Å². The Bertz CT molecular complexity index is 609. The summed E-state index contributed by atoms with van der Waals surface area (Å²) in [7, 11) is 3.64. The monoisotopic (exact) mass is 425 g/mol. The largest absolute Gasteiger partial charge is 0.444 e. The number of nitrogens with one attached hydrogen (secondary N) is 2. The Hall–Kier alpha value is -1.84. The van der Waals surface area contributed by atoms with Gasteiger partial charge in [-0.2, -0.15) is 0 Å². The molecule has 9 nitrogen and oxygen atoms in total. The molecule has 1 amide bonds. The van der Waals surface area contributed by atoms with Crippen molar-refractivity contribution in [2.75, 3.05) is 66.7 Å². The van der Waals surface area contributed by atoms with Crippen molar-refractivity contribution in [3.63, 3.8) is 0 Å². The Labute approximate surface area is 180 Å². The van der Waals surface area contributed by atoms with Gasteiger partial charge in [-0.05, 0) is 33.6 Å². The van der Waals surface area contributed by atoms with Gasteiger partial charge in [0.2, 0.25) is 0 Å². The van der Waals surface area contributed by atoms with E-state index in [9.17, 15) is 4.79 Å². The Morgan fingerprint density at radius 2 is 1.93 bits per heavy atom. The van der Waals surface area contributed by atoms with Crippen molar-refractivity contribution in [1.82, 2.24) is 20.7 Å². The molecular formula is C21H39N5O4. The molecule has 2 aliphatic rings. The first-order chi connectivity index (χ1) is 14.3. The smallest absolute Gasteiger partial charge is 0.410 e. The number of hydrazine groups is 1. The maximum absolute atomic E-state index is 12.0. The van der Waals surface area contributed by atoms with Gasteiger partial charge in [-0.1, -0.05) is 0 Å². The van der Waals surface area contributed by atoms with E-state index >= 15 is 0 Å². The van der Waals surface area contributed by atoms with Crippen LogP contribution in [-0.4, -0.2) is 93.9 Å². The van der Waals surface area contributed by atoms with Crippen molar-refractivity contribution >= 4 is 11.8 Å². The van der Waals surface area contributed by atoms with E-state index in [1.54, 1.807) is 11.9 Å². The third-order valence-electron chi connectivity index (χ3n) is 4.84. The van der Waals surface area contributed by atoms with Gasteiger partial charge in [0.15, 0.2) is 0 Å². The maximum atomic E-state index is 12.0. The second-order valence-electron chi connectivity index (χ2n) is 8.54. The molecule has 0 aliphatic carbocycles. The average molecular weight is 426 g/mol. The Morgan fingerprint density at radius 1 is 1.20 bits per heavy atom. The molecule has 30 heavy (non-hydrogen) atoms. The number of carbonyl (C=O) groups is 1. The highest BCUT2D eigenvalue weighted by Gasteiger charge is 2.23. The summed E-state index contributed by atoms with van der Waals surface area (Å²) in [6.07, 6.45) is 2.33. The normalized spacial score (nSPS) is 20.8. The minimum absolute atomic E-state index is 0.281. The predicted octanol–water partition coefficient (Wildman–Crippen LogP) is 1.76. The van der Waals surface area contributed by atoms with Crippen molar-refractivity contribution in [2.24, 2.45) is 4.99 Å². The molecular weight excluding hydrogens is 386 g/mol. The molecule has 172 valence electrons. The topological polar surface area (TPSA) is 87.7 Å². The van der Waals surface area contributed by atoms with Crippen LogP contribution in [0.4, 0.5) is 4.79 Å². The lowest BCUT2D eigenvalue weighted by Gasteiger charge is -2.34. The zero-order valence-electron chi connectivity index (χ0n) is 19.3. The van der Waals surface area contributed by atoms with E-state index in [1.807, 2.05) is 27.8 Å². The number of nitrogens with zero attached hydrogens (tertiary/aromatic N) is 3. The molecule has 2 heterocycles. The molecule has 2 fully saturated rings. The highest BCUT2D eigenvalue weighted by molar-refractivity contribution is 6.01. The predicted molar refractivity (Wildman–Crippen MR) is 117 cm³/mol. The molecule has 0 atom stereocenters. The molecule has 2 saturated heterocycles. The second kappa shape index (κ2) is 12.1. The van der Waals surface area contributed by atoms with Crippen LogP contribution in [0.25, 0.3) is 0 Å². The van der Waals surface area contributed by atoms with Crippen LogP contribution in [0.2, 0.25) is 0 Å². The molecule has 0 radical (unpaired) electrons. The van der Waals surface area contributed by atoms with Crippen LogP contribution in [0.15, 0.2) is 16.4 Å². The average Bonchev–Trinajstić information content (AvgIpc) is 2.71. The van der Waals surface area contributed by atoms with Gasteiger partial charge < -0.3 is 29.4 Å². The summed E-state index contributed by atoms with van der Waals surface area (Å²) in [5.41, 5.74) is 8.08. The Kier molecular flexibility index (Phi) is 9.87. The van der Waals surface area contributed by atoms with Crippen molar-refractivity contribution in [3.8, 4) is 0 Å². The third kappa shape index (κ3) is 8.12. The fourth-order valence-electron chi connectivity index (χ4n) is 3.31. The lowest BCUT2D eigenvalue weighted by Crippen LogP contribution is -2.45. The number of rotatable bonds is 8. The number of ether oxygens (including phenoxy) is 3. The highest BCUT2D eigenvalue weighted by Crippen LogP contribution is 2.18. The van der Waals surface area contributed by atoms with Crippen LogP contribution < -0.4 is 10.9 Å². The Balaban J connectivity index is 1.91. The van der Waals surface area contributed by atoms with Crippen LogP contribution in [0.5, 0.6) is 0 Å². The molecule has 0 unspecified atom stereocenters. The first-order valence-electron chi connectivity index (χ1n) is 10.9. The van der Waals surface area contributed by atoms with E-state index in [4.69, 9.17) is 19.2 Å². The summed E-state index contributed by atoms with van der Waals surface area (Å²) in [6, 6.07) is 0. The Morgan fingerprint density at radius 3 is 2.60 bits per heavy atom. The van der Waals surface area contributed by atoms with Gasteiger partial charge in [0.25, 0.3) is 0 Å². The number of amides is 1. The summed E-state index contributed by atoms with van der Waals surface area (Å²) in [4.78, 5) is 20.8. The van der Waals surface area contributed by atoms with Crippen LogP contribution in [-0.2, 0) is 14.2 Å². The molecule has 0 saturated carbocycles. The molecule has 0 aromatic carbocycles. The number of hydrogen-bond acceptors (Lipinski definition) is 8. The van der Waals surface area contributed by atoms with Gasteiger partial charge >= 0.3 is 6.09 Å². The lowest BCUT2D eigenvalue weighted by atomic mass is 10.1. The minimum atomic E-state index is -0.470. The summed E-state index contributed by atoms with van der Waals surface area (Å²) >= 11 is 0. The molecule has 2 aliphatic heterocycles. The lowest BCUT2D eigenvalue weighted by molar-refractivity contribution is 0.0296. The van der Waals surface area contributed by atoms with Gasteiger partial charge in [0, 0.05) is 58.0 Å². The first-order valence-corrected chi connectivity index (χ1v) is 10.9. The van der Waals surface area contributed by atoms with E-state index < -0.39 is 5.60 Å². The molecule has 0 bridgehead atoms. The van der Waals surface area contributed by atoms with Crippen LogP contribution in [0.3, 0.4) is 0 Å². The van der Waals surface area contributed by atoms with Gasteiger partial charge in [0.05, 0.1) is 26.4 Å². The summed E-state index contributed by atoms with van der Waals surface area (Å²) in [5, 5.41) is 0. The molecule has 9 heteroatoms. The standard InChI is InChI=1S/C21H39N5O4/c1-21(2,3)30-20(27)25(5)10-7-6-9-23-18-8-13-29-16-17(18)19(24-22-4)26-11-14-28-15-12-26/h22,24H,6-16H2,1-5H3/b19-17+,23-18?. The molecule has 0 spiro atoms. The number of hydrogen-bond donors (Lipinski definition) is 2. The fourth-order valence-corrected chi connectivity index (χ4v) is 3.31. The van der Waals surface area contributed by atoms with E-state index in [1.165, 1.54) is 0 Å². The van der Waals surface area contributed by atoms with Gasteiger partial charge in [0.1, 0.15) is 11.4 Å². The molecule has 2 rings (SSSR count). The van der Waals surface area contributed by atoms with Crippen molar-refractivity contribution < 1.29 is 19.0 Å². The maximum Gasteiger partial charge on any atom is 0.410 e. The van der Waals surface area contributed by atoms with Crippen molar-refractivity contribution in [3.05, 3.63) is 11.4 Å². The second-order valence-corrected chi connectivity index (χ2v) is 8.54. The van der Waals surface area contributed by atoms with E-state index in [0.29, 0.717) is 19.8 Å². The van der Waals surface area contributed by atoms with Crippen LogP contribution in [0, 0.1) is 0 Å². The summed E-state index contributed by atoms with van der Waals surface area (Å²) in [5.74, 6) is 1.03. The van der Waals surface area contributed by atoms with Gasteiger partial charge in [-0.3, -0.25) is 4.99 Å². The minimum Gasteiger partial charge on any atom is -0.444 e. The number of carbonyl (C=O) groups excluding carboxylic acids is 1. The quantitative estimate of drug-likeness (QED) is 0.453. The van der Waals surface area contributed by atoms with Gasteiger partial charge in [-0.25, -0.2) is 10.2 Å². The SMILES string of the molecule is CNN/C(=C1/COCCC1=NCCCCN(C)C(=O)OC(C)(C)C)N1CCOCC1. The number of unbranched alkanes of at least 4 members (excludes halogenated alkanes) is 1. The van der Waals surface area contributed by atoms with Crippen LogP contribution >= 0.6 is 0 Å². The summed E-state index contributed by atoms with van der Waals surface area (Å²) < 4.78 is 16.6. The van der Waals surface area contributed by atoms with E-state index in [0.717, 1.165) is 69.2 Å².